The maximum Gasteiger partial charge on any atom is 0.341 e. The third-order valence-corrected chi connectivity index (χ3v) is 5.48. The quantitative estimate of drug-likeness (QED) is 0.810. The Hall–Kier alpha value is -2.54. The first-order valence-corrected chi connectivity index (χ1v) is 9.60. The Kier molecular flexibility index (Phi) is 5.78. The van der Waals surface area contributed by atoms with Crippen LogP contribution >= 0.6 is 11.8 Å². The van der Waals surface area contributed by atoms with Crippen molar-refractivity contribution in [3.8, 4) is 0 Å². The number of aromatic nitrogens is 1. The van der Waals surface area contributed by atoms with Crippen molar-refractivity contribution in [2.24, 2.45) is 0 Å². The molecule has 1 atom stereocenters. The molecule has 1 aromatic carbocycles. The van der Waals surface area contributed by atoms with Crippen molar-refractivity contribution in [1.82, 2.24) is 9.88 Å². The minimum Gasteiger partial charge on any atom is -0.477 e. The molecule has 0 unspecified atom stereocenters. The molecule has 1 saturated heterocycles. The maximum absolute atomic E-state index is 12.5. The van der Waals surface area contributed by atoms with Gasteiger partial charge in [0.25, 0.3) is 5.91 Å². The summed E-state index contributed by atoms with van der Waals surface area (Å²) in [5.41, 5.74) is -0.143. The molecule has 0 spiro atoms. The Balaban J connectivity index is 1.85. The van der Waals surface area contributed by atoms with Crippen molar-refractivity contribution in [1.29, 1.82) is 0 Å². The lowest BCUT2D eigenvalue weighted by atomic mass is 10.1. The van der Waals surface area contributed by atoms with E-state index in [-0.39, 0.29) is 17.2 Å². The van der Waals surface area contributed by atoms with E-state index in [4.69, 9.17) is 0 Å². The van der Waals surface area contributed by atoms with Gasteiger partial charge in [0.15, 0.2) is 0 Å². The molecule has 0 radical (unpaired) electrons. The highest BCUT2D eigenvalue weighted by Gasteiger charge is 2.23. The highest BCUT2D eigenvalue weighted by Crippen LogP contribution is 2.17. The highest BCUT2D eigenvalue weighted by atomic mass is 32.2. The van der Waals surface area contributed by atoms with E-state index in [1.165, 1.54) is 12.4 Å². The second-order valence-electron chi connectivity index (χ2n) is 6.23. The smallest absolute Gasteiger partial charge is 0.341 e. The topological polar surface area (TPSA) is 88.4 Å². The van der Waals surface area contributed by atoms with Crippen LogP contribution in [0.5, 0.6) is 0 Å². The van der Waals surface area contributed by atoms with Crippen LogP contribution in [0.15, 0.2) is 47.5 Å². The largest absolute Gasteiger partial charge is 0.477 e. The van der Waals surface area contributed by atoms with Gasteiger partial charge in [-0.15, -0.1) is 0 Å². The van der Waals surface area contributed by atoms with Gasteiger partial charge in [0.2, 0.25) is 5.43 Å². The van der Waals surface area contributed by atoms with Gasteiger partial charge < -0.3 is 15.0 Å². The fraction of sp³-hybridized carbons (Fsp3) is 0.316. The van der Waals surface area contributed by atoms with E-state index in [0.717, 1.165) is 23.5 Å². The molecule has 1 amide bonds. The lowest BCUT2D eigenvalue weighted by molar-refractivity contribution is 0.0694. The molecule has 6 nitrogen and oxygen atoms in total. The van der Waals surface area contributed by atoms with Crippen LogP contribution in [-0.2, 0) is 13.0 Å². The average Bonchev–Trinajstić information content (AvgIpc) is 3.14. The van der Waals surface area contributed by atoms with Crippen molar-refractivity contribution in [3.05, 3.63) is 69.6 Å². The van der Waals surface area contributed by atoms with Crippen molar-refractivity contribution >= 4 is 23.6 Å². The van der Waals surface area contributed by atoms with E-state index in [9.17, 15) is 19.5 Å². The first kappa shape index (κ1) is 18.3. The van der Waals surface area contributed by atoms with Crippen LogP contribution in [0.1, 0.15) is 32.7 Å². The lowest BCUT2D eigenvalue weighted by Gasteiger charge is -2.14. The third-order valence-electron chi connectivity index (χ3n) is 4.32. The van der Waals surface area contributed by atoms with Gasteiger partial charge in [-0.05, 0) is 24.2 Å². The first-order valence-electron chi connectivity index (χ1n) is 8.44. The number of carbonyl (C=O) groups is 2. The zero-order valence-electron chi connectivity index (χ0n) is 14.2. The molecule has 26 heavy (non-hydrogen) atoms. The van der Waals surface area contributed by atoms with E-state index in [1.54, 1.807) is 16.3 Å². The number of hydrogen-bond acceptors (Lipinski definition) is 4. The number of carboxylic acids is 1. The van der Waals surface area contributed by atoms with Crippen molar-refractivity contribution in [2.75, 3.05) is 11.5 Å². The molecule has 3 rings (SSSR count). The molecule has 2 heterocycles. The molecule has 1 aliphatic rings. The Bertz CT molecular complexity index is 858. The van der Waals surface area contributed by atoms with Gasteiger partial charge >= 0.3 is 5.97 Å². The van der Waals surface area contributed by atoms with Crippen LogP contribution in [-0.4, -0.2) is 39.1 Å². The summed E-state index contributed by atoms with van der Waals surface area (Å²) in [7, 11) is 0. The number of amides is 1. The summed E-state index contributed by atoms with van der Waals surface area (Å²) in [6.07, 6.45) is 4.28. The molecule has 2 N–H and O–H groups in total. The number of carbonyl (C=O) groups excluding carboxylic acids is 1. The summed E-state index contributed by atoms with van der Waals surface area (Å²) >= 11 is 1.75. The third kappa shape index (κ3) is 4.35. The summed E-state index contributed by atoms with van der Waals surface area (Å²) in [4.78, 5) is 36.3. The molecule has 0 bridgehead atoms. The number of benzene rings is 1. The summed E-state index contributed by atoms with van der Waals surface area (Å²) in [5.74, 6) is -0.0397. The van der Waals surface area contributed by atoms with E-state index < -0.39 is 17.3 Å². The van der Waals surface area contributed by atoms with E-state index >= 15 is 0 Å². The van der Waals surface area contributed by atoms with Gasteiger partial charge in [-0.1, -0.05) is 30.3 Å². The first-order chi connectivity index (χ1) is 12.5. The fourth-order valence-corrected chi connectivity index (χ4v) is 4.04. The maximum atomic E-state index is 12.5. The Morgan fingerprint density at radius 1 is 1.19 bits per heavy atom. The fourth-order valence-electron chi connectivity index (χ4n) is 2.89. The zero-order valence-corrected chi connectivity index (χ0v) is 15.0. The van der Waals surface area contributed by atoms with E-state index in [1.807, 2.05) is 30.3 Å². The van der Waals surface area contributed by atoms with E-state index in [0.29, 0.717) is 13.0 Å². The predicted molar refractivity (Wildman–Crippen MR) is 101 cm³/mol. The van der Waals surface area contributed by atoms with Gasteiger partial charge in [0.05, 0.1) is 0 Å². The average molecular weight is 372 g/mol. The summed E-state index contributed by atoms with van der Waals surface area (Å²) in [6.45, 7) is 0.476. The number of thioether (sulfide) groups is 1. The molecule has 1 aliphatic heterocycles. The number of pyridine rings is 1. The number of hydrogen-bond donors (Lipinski definition) is 2. The van der Waals surface area contributed by atoms with Crippen LogP contribution in [0.25, 0.3) is 0 Å². The van der Waals surface area contributed by atoms with Gasteiger partial charge in [0.1, 0.15) is 11.1 Å². The molecular weight excluding hydrogens is 352 g/mol. The molecule has 136 valence electrons. The summed E-state index contributed by atoms with van der Waals surface area (Å²) in [5, 5.41) is 12.2. The second kappa shape index (κ2) is 8.23. The van der Waals surface area contributed by atoms with Gasteiger partial charge in [0, 0.05) is 30.7 Å². The van der Waals surface area contributed by atoms with Crippen LogP contribution in [0.2, 0.25) is 0 Å². The van der Waals surface area contributed by atoms with Crippen molar-refractivity contribution in [2.45, 2.75) is 25.4 Å². The lowest BCUT2D eigenvalue weighted by Crippen LogP contribution is -2.38. The highest BCUT2D eigenvalue weighted by molar-refractivity contribution is 7.99. The van der Waals surface area contributed by atoms with Crippen LogP contribution in [0.4, 0.5) is 0 Å². The molecule has 2 aromatic rings. The second-order valence-corrected chi connectivity index (χ2v) is 7.38. The van der Waals surface area contributed by atoms with Crippen LogP contribution in [0, 0.1) is 0 Å². The Labute approximate surface area is 155 Å². The summed E-state index contributed by atoms with van der Waals surface area (Å²) < 4.78 is 1.61. The molecular formula is C19H20N2O4S. The van der Waals surface area contributed by atoms with Crippen LogP contribution in [0.3, 0.4) is 0 Å². The molecule has 1 aromatic heterocycles. The minimum atomic E-state index is -1.32. The van der Waals surface area contributed by atoms with Crippen molar-refractivity contribution < 1.29 is 14.7 Å². The number of rotatable bonds is 6. The molecule has 7 heteroatoms. The number of carboxylic acid groups (broad SMARTS) is 1. The SMILES string of the molecule is O=C(O)c1cn(CCc2ccccc2)cc(C(=O)N[C@@H]2CCSC2)c1=O. The number of aromatic carboxylic acids is 1. The van der Waals surface area contributed by atoms with Crippen LogP contribution < -0.4 is 10.7 Å². The molecule has 0 aliphatic carbocycles. The predicted octanol–water partition coefficient (Wildman–Crippen LogP) is 2.02. The molecule has 0 saturated carbocycles. The molecule has 1 fully saturated rings. The van der Waals surface area contributed by atoms with Gasteiger partial charge in [-0.25, -0.2) is 4.79 Å². The number of nitrogens with zero attached hydrogens (tertiary/aromatic N) is 1. The normalized spacial score (nSPS) is 16.4. The standard InChI is InChI=1S/C19H20N2O4S/c22-17-15(18(23)20-14-7-9-26-12-14)10-21(11-16(17)19(24)25)8-6-13-4-2-1-3-5-13/h1-5,10-11,14H,6-9,12H2,(H,20,23)(H,24,25)/t14-/m1/s1. The monoisotopic (exact) mass is 372 g/mol. The number of nitrogens with one attached hydrogen (secondary N) is 1. The zero-order chi connectivity index (χ0) is 18.5. The van der Waals surface area contributed by atoms with Gasteiger partial charge in [-0.3, -0.25) is 9.59 Å². The Morgan fingerprint density at radius 2 is 1.92 bits per heavy atom. The van der Waals surface area contributed by atoms with Crippen molar-refractivity contribution in [3.63, 3.8) is 0 Å². The van der Waals surface area contributed by atoms with Gasteiger partial charge in [-0.2, -0.15) is 11.8 Å². The van der Waals surface area contributed by atoms with E-state index in [2.05, 4.69) is 5.32 Å². The Morgan fingerprint density at radius 3 is 2.58 bits per heavy atom. The minimum absolute atomic E-state index is 0.0261. The number of aryl methyl sites for hydroxylation is 2. The summed E-state index contributed by atoms with van der Waals surface area (Å²) in [6, 6.07) is 9.77.